The van der Waals surface area contributed by atoms with Crippen LogP contribution in [0.4, 0.5) is 10.5 Å². The Labute approximate surface area is 342 Å². The zero-order valence-corrected chi connectivity index (χ0v) is 33.1. The van der Waals surface area contributed by atoms with Gasteiger partial charge < -0.3 is 43.8 Å². The van der Waals surface area contributed by atoms with Crippen LogP contribution in [0.1, 0.15) is 67.6 Å². The number of non-ortho nitro benzene ring substituents is 1. The quantitative estimate of drug-likeness (QED) is 0.0510. The molecule has 6 atom stereocenters. The Kier molecular flexibility index (Phi) is 13.0. The first kappa shape index (κ1) is 41.5. The van der Waals surface area contributed by atoms with Crippen LogP contribution in [0.25, 0.3) is 0 Å². The number of aliphatic hydroxyl groups is 2. The molecule has 59 heavy (non-hydrogen) atoms. The van der Waals surface area contributed by atoms with Gasteiger partial charge in [0.1, 0.15) is 24.1 Å². The number of amides is 1. The highest BCUT2D eigenvalue weighted by molar-refractivity contribution is 6.03. The monoisotopic (exact) mass is 813 g/mol. The van der Waals surface area contributed by atoms with Gasteiger partial charge in [0.05, 0.1) is 30.3 Å². The summed E-state index contributed by atoms with van der Waals surface area (Å²) in [5.74, 6) is -0.803. The largest absolute Gasteiger partial charge is 0.508 e. The number of ether oxygens (including phenoxy) is 5. The molecule has 2 heterocycles. The average Bonchev–Trinajstić information content (AvgIpc) is 3.72. The van der Waals surface area contributed by atoms with Crippen molar-refractivity contribution in [2.45, 2.75) is 75.8 Å². The summed E-state index contributed by atoms with van der Waals surface area (Å²) < 4.78 is 30.8. The van der Waals surface area contributed by atoms with Crippen molar-refractivity contribution in [2.24, 2.45) is 22.9 Å². The molecule has 1 amide bonds. The number of carbonyl (C=O) groups is 1. The minimum Gasteiger partial charge on any atom is -0.508 e. The van der Waals surface area contributed by atoms with Crippen LogP contribution in [0, 0.1) is 27.9 Å². The Morgan fingerprint density at radius 1 is 1.00 bits per heavy atom. The van der Waals surface area contributed by atoms with Gasteiger partial charge in [-0.05, 0) is 96.7 Å². The molecule has 0 radical (unpaired) electrons. The molecule has 314 valence electrons. The normalized spacial score (nSPS) is 24.3. The van der Waals surface area contributed by atoms with Gasteiger partial charge in [-0.3, -0.25) is 15.0 Å². The van der Waals surface area contributed by atoms with Gasteiger partial charge in [-0.1, -0.05) is 36.2 Å². The molecule has 2 aliphatic heterocycles. The van der Waals surface area contributed by atoms with E-state index in [1.54, 1.807) is 47.4 Å². The molecule has 3 N–H and O–H groups in total. The van der Waals surface area contributed by atoms with E-state index in [0.29, 0.717) is 41.4 Å². The van der Waals surface area contributed by atoms with Crippen LogP contribution in [0.15, 0.2) is 90.1 Å². The molecule has 0 aromatic heterocycles. The number of phenolic OH excluding ortho intramolecular Hbond substituents is 1. The lowest BCUT2D eigenvalue weighted by atomic mass is 9.55. The number of aromatic hydroxyl groups is 1. The van der Waals surface area contributed by atoms with Crippen molar-refractivity contribution in [2.75, 3.05) is 33.7 Å². The molecular formula is C44H51N3O12. The molecule has 6 unspecified atom stereocenters. The van der Waals surface area contributed by atoms with Crippen molar-refractivity contribution in [3.63, 3.8) is 0 Å². The second-order valence-corrected chi connectivity index (χ2v) is 15.3. The van der Waals surface area contributed by atoms with Crippen LogP contribution in [0.2, 0.25) is 0 Å². The smallest absolute Gasteiger partial charge is 0.410 e. The minimum absolute atomic E-state index is 0.0105. The van der Waals surface area contributed by atoms with Crippen molar-refractivity contribution < 1.29 is 53.6 Å². The van der Waals surface area contributed by atoms with E-state index in [2.05, 4.69) is 12.7 Å². The van der Waals surface area contributed by atoms with E-state index in [0.717, 1.165) is 42.4 Å². The summed E-state index contributed by atoms with van der Waals surface area (Å²) in [4.78, 5) is 32.7. The van der Waals surface area contributed by atoms with E-state index in [-0.39, 0.29) is 75.4 Å². The Bertz CT molecular complexity index is 2050. The Balaban J connectivity index is 1.41. The predicted octanol–water partition coefficient (Wildman–Crippen LogP) is 7.13. The number of nitro groups is 1. The SMILES string of the molecule is C=CCOC12Oc3ccc(O)cc3C3C(CCCCO)C(CCCCO)C=C(C(=NOCc4ccc([N+](=O)[O-])cc4)CC1N(Cc1ccc4c(c1)OCO4)C(=O)OC)C32. The number of hydrogen-bond donors (Lipinski definition) is 3. The molecule has 3 aromatic carbocycles. The Morgan fingerprint density at radius 3 is 2.46 bits per heavy atom. The summed E-state index contributed by atoms with van der Waals surface area (Å²) in [6.45, 7) is 4.30. The van der Waals surface area contributed by atoms with Gasteiger partial charge in [-0.2, -0.15) is 0 Å². The summed E-state index contributed by atoms with van der Waals surface area (Å²) in [5.41, 5.74) is 3.51. The van der Waals surface area contributed by atoms with Crippen molar-refractivity contribution in [3.05, 3.63) is 112 Å². The molecule has 7 rings (SSSR count). The predicted molar refractivity (Wildman–Crippen MR) is 215 cm³/mol. The third-order valence-electron chi connectivity index (χ3n) is 11.8. The lowest BCUT2D eigenvalue weighted by molar-refractivity contribution is -0.384. The molecule has 0 saturated heterocycles. The fourth-order valence-corrected chi connectivity index (χ4v) is 9.21. The van der Waals surface area contributed by atoms with Gasteiger partial charge in [-0.15, -0.1) is 6.58 Å². The van der Waals surface area contributed by atoms with E-state index in [9.17, 15) is 30.2 Å². The number of carbonyl (C=O) groups excluding carboxylic acids is 1. The number of rotatable bonds is 18. The van der Waals surface area contributed by atoms with E-state index >= 15 is 0 Å². The number of allylic oxidation sites excluding steroid dienone is 1. The first-order valence-corrected chi connectivity index (χ1v) is 20.1. The number of methoxy groups -OCH3 is 1. The molecule has 4 aliphatic rings. The van der Waals surface area contributed by atoms with Gasteiger partial charge in [0.15, 0.2) is 11.5 Å². The molecule has 1 fully saturated rings. The molecule has 15 nitrogen and oxygen atoms in total. The van der Waals surface area contributed by atoms with Crippen molar-refractivity contribution in [1.82, 2.24) is 4.90 Å². The van der Waals surface area contributed by atoms with Gasteiger partial charge >= 0.3 is 6.09 Å². The highest BCUT2D eigenvalue weighted by atomic mass is 16.7. The van der Waals surface area contributed by atoms with Gasteiger partial charge in [0.25, 0.3) is 5.69 Å². The standard InChI is InChI=1S/C44H51N3O12/c1-3-20-57-44-40(46(43(51)54-2)25-29-12-16-38-39(21-29)56-27-55-38)24-36(45-58-26-28-10-13-31(14-11-28)47(52)53)34-22-30(8-4-6-18-48)33(9-5-7-19-49)41(42(34)44)35-23-32(50)15-17-37(35)59-44/h3,10-17,21-23,30,33,40-42,48-50H,1,4-9,18-20,24-27H2,2H3. The van der Waals surface area contributed by atoms with Crippen molar-refractivity contribution >= 4 is 17.5 Å². The number of fused-ring (bicyclic) bond motifs is 3. The second-order valence-electron chi connectivity index (χ2n) is 15.3. The summed E-state index contributed by atoms with van der Waals surface area (Å²) in [5, 5.41) is 46.7. The minimum atomic E-state index is -1.54. The summed E-state index contributed by atoms with van der Waals surface area (Å²) in [7, 11) is 1.32. The number of nitrogens with zero attached hydrogens (tertiary/aromatic N) is 3. The van der Waals surface area contributed by atoms with E-state index in [1.807, 2.05) is 12.1 Å². The number of benzene rings is 3. The van der Waals surface area contributed by atoms with Gasteiger partial charge in [0.2, 0.25) is 12.6 Å². The first-order chi connectivity index (χ1) is 28.7. The summed E-state index contributed by atoms with van der Waals surface area (Å²) >= 11 is 0. The number of oxime groups is 1. The second kappa shape index (κ2) is 18.5. The number of phenols is 1. The van der Waals surface area contributed by atoms with E-state index in [4.69, 9.17) is 33.7 Å². The third kappa shape index (κ3) is 8.59. The van der Waals surface area contributed by atoms with Crippen LogP contribution >= 0.6 is 0 Å². The molecule has 0 bridgehead atoms. The zero-order valence-electron chi connectivity index (χ0n) is 33.1. The summed E-state index contributed by atoms with van der Waals surface area (Å²) in [6, 6.07) is 15.7. The van der Waals surface area contributed by atoms with E-state index < -0.39 is 28.8 Å². The van der Waals surface area contributed by atoms with Gasteiger partial charge in [-0.25, -0.2) is 4.79 Å². The zero-order chi connectivity index (χ0) is 41.5. The first-order valence-electron chi connectivity index (χ1n) is 20.1. The van der Waals surface area contributed by atoms with Crippen LogP contribution in [0.3, 0.4) is 0 Å². The average molecular weight is 814 g/mol. The highest BCUT2D eigenvalue weighted by Gasteiger charge is 2.65. The number of hydrogen-bond acceptors (Lipinski definition) is 13. The Hall–Kier alpha value is -5.64. The van der Waals surface area contributed by atoms with Crippen LogP contribution in [-0.2, 0) is 27.5 Å². The lowest BCUT2D eigenvalue weighted by Gasteiger charge is -2.59. The third-order valence-corrected chi connectivity index (χ3v) is 11.8. The maximum Gasteiger partial charge on any atom is 0.410 e. The maximum atomic E-state index is 14.2. The van der Waals surface area contributed by atoms with Gasteiger partial charge in [0, 0.05) is 49.8 Å². The number of nitro benzene ring substituents is 1. The van der Waals surface area contributed by atoms with Crippen molar-refractivity contribution in [3.8, 4) is 23.0 Å². The molecular weight excluding hydrogens is 762 g/mol. The number of aliphatic hydroxyl groups excluding tert-OH is 2. The lowest BCUT2D eigenvalue weighted by Crippen LogP contribution is -2.70. The summed E-state index contributed by atoms with van der Waals surface area (Å²) in [6.07, 6.45) is 7.54. The fourth-order valence-electron chi connectivity index (χ4n) is 9.21. The van der Waals surface area contributed by atoms with Crippen molar-refractivity contribution in [1.29, 1.82) is 0 Å². The molecule has 2 aliphatic carbocycles. The van der Waals surface area contributed by atoms with E-state index in [1.165, 1.54) is 19.2 Å². The van der Waals surface area contributed by atoms with Crippen LogP contribution < -0.4 is 14.2 Å². The van der Waals surface area contributed by atoms with Crippen LogP contribution in [-0.4, -0.2) is 82.5 Å². The number of unbranched alkanes of at least 4 members (excludes halogenated alkanes) is 2. The topological polar surface area (TPSA) is 192 Å². The molecule has 15 heteroatoms. The fraction of sp³-hybridized carbons (Fsp3) is 0.455. The van der Waals surface area contributed by atoms with Crippen LogP contribution in [0.5, 0.6) is 23.0 Å². The maximum absolute atomic E-state index is 14.2. The Morgan fingerprint density at radius 2 is 1.73 bits per heavy atom. The molecule has 0 spiro atoms. The molecule has 3 aromatic rings. The highest BCUT2D eigenvalue weighted by Crippen LogP contribution is 2.62. The molecule has 1 saturated carbocycles.